The molecule has 1 aliphatic heterocycles. The molecule has 1 aromatic carbocycles. The number of aliphatic hydroxyl groups excluding tert-OH is 1. The molecule has 1 atom stereocenters. The van der Waals surface area contributed by atoms with Crippen molar-refractivity contribution in [3.05, 3.63) is 53.3 Å². The first-order chi connectivity index (χ1) is 13.2. The molecule has 142 valence electrons. The summed E-state index contributed by atoms with van der Waals surface area (Å²) in [6.45, 7) is 0.501. The number of benzene rings is 1. The summed E-state index contributed by atoms with van der Waals surface area (Å²) in [5, 5.41) is 19.2. The number of piperidine rings is 1. The fourth-order valence-electron chi connectivity index (χ4n) is 3.32. The molecule has 1 aliphatic rings. The normalized spacial score (nSPS) is 16.8. The Balaban J connectivity index is 1.77. The standard InChI is InChI=1S/C20H22N2O5/c23-11-16-18(25)7-3-8-19(16)27-13-14-5-1-2-10-22(14)20(26)15-6-4-9-21-17(15)12-24/h3-4,6-9,11,14,24-25H,1-2,5,10,12-13H2/t14-/m0/s1. The number of phenols is 1. The summed E-state index contributed by atoms with van der Waals surface area (Å²) in [4.78, 5) is 30.0. The predicted molar refractivity (Wildman–Crippen MR) is 97.8 cm³/mol. The number of hydrogen-bond acceptors (Lipinski definition) is 6. The summed E-state index contributed by atoms with van der Waals surface area (Å²) in [7, 11) is 0. The van der Waals surface area contributed by atoms with Crippen molar-refractivity contribution in [1.82, 2.24) is 9.88 Å². The Morgan fingerprint density at radius 3 is 2.93 bits per heavy atom. The van der Waals surface area contributed by atoms with Crippen LogP contribution in [-0.4, -0.2) is 51.5 Å². The minimum Gasteiger partial charge on any atom is -0.507 e. The van der Waals surface area contributed by atoms with E-state index >= 15 is 0 Å². The van der Waals surface area contributed by atoms with Gasteiger partial charge in [-0.05, 0) is 43.5 Å². The highest BCUT2D eigenvalue weighted by Gasteiger charge is 2.29. The van der Waals surface area contributed by atoms with Gasteiger partial charge in [0.25, 0.3) is 5.91 Å². The highest BCUT2D eigenvalue weighted by molar-refractivity contribution is 5.95. The molecule has 0 unspecified atom stereocenters. The van der Waals surface area contributed by atoms with E-state index in [2.05, 4.69) is 4.98 Å². The van der Waals surface area contributed by atoms with Crippen LogP contribution in [-0.2, 0) is 6.61 Å². The molecular weight excluding hydrogens is 348 g/mol. The van der Waals surface area contributed by atoms with Crippen molar-refractivity contribution in [2.24, 2.45) is 0 Å². The zero-order valence-electron chi connectivity index (χ0n) is 14.9. The Labute approximate surface area is 157 Å². The zero-order valence-corrected chi connectivity index (χ0v) is 14.9. The Morgan fingerprint density at radius 2 is 2.15 bits per heavy atom. The number of aromatic hydroxyl groups is 1. The SMILES string of the molecule is O=Cc1c(O)cccc1OC[C@@H]1CCCCN1C(=O)c1cccnc1CO. The van der Waals surface area contributed by atoms with Crippen LogP contribution in [0.1, 0.15) is 45.7 Å². The number of aliphatic hydroxyl groups is 1. The van der Waals surface area contributed by atoms with Crippen LogP contribution in [0.2, 0.25) is 0 Å². The number of phenolic OH excluding ortho intramolecular Hbond substituents is 1. The van der Waals surface area contributed by atoms with Crippen molar-refractivity contribution in [2.75, 3.05) is 13.2 Å². The molecule has 0 saturated carbocycles. The lowest BCUT2D eigenvalue weighted by Gasteiger charge is -2.36. The van der Waals surface area contributed by atoms with E-state index in [1.54, 1.807) is 35.4 Å². The van der Waals surface area contributed by atoms with Gasteiger partial charge in [0.2, 0.25) is 0 Å². The lowest BCUT2D eigenvalue weighted by molar-refractivity contribution is 0.0523. The highest BCUT2D eigenvalue weighted by atomic mass is 16.5. The number of likely N-dealkylation sites (tertiary alicyclic amines) is 1. The predicted octanol–water partition coefficient (Wildman–Crippen LogP) is 2.17. The van der Waals surface area contributed by atoms with Crippen LogP contribution >= 0.6 is 0 Å². The van der Waals surface area contributed by atoms with Crippen LogP contribution in [0.15, 0.2) is 36.5 Å². The van der Waals surface area contributed by atoms with Crippen molar-refractivity contribution in [2.45, 2.75) is 31.9 Å². The lowest BCUT2D eigenvalue weighted by atomic mass is 10.0. The summed E-state index contributed by atoms with van der Waals surface area (Å²) >= 11 is 0. The summed E-state index contributed by atoms with van der Waals surface area (Å²) < 4.78 is 5.77. The first-order valence-corrected chi connectivity index (χ1v) is 8.91. The maximum absolute atomic E-state index is 13.0. The van der Waals surface area contributed by atoms with Crippen molar-refractivity contribution < 1.29 is 24.5 Å². The van der Waals surface area contributed by atoms with Crippen LogP contribution in [0.4, 0.5) is 0 Å². The largest absolute Gasteiger partial charge is 0.507 e. The monoisotopic (exact) mass is 370 g/mol. The minimum absolute atomic E-state index is 0.0982. The average molecular weight is 370 g/mol. The Morgan fingerprint density at radius 1 is 1.30 bits per heavy atom. The van der Waals surface area contributed by atoms with Gasteiger partial charge in [-0.25, -0.2) is 0 Å². The third-order valence-electron chi connectivity index (χ3n) is 4.75. The number of aromatic nitrogens is 1. The summed E-state index contributed by atoms with van der Waals surface area (Å²) in [5.74, 6) is -0.0330. The number of hydrogen-bond donors (Lipinski definition) is 2. The van der Waals surface area contributed by atoms with E-state index in [-0.39, 0.29) is 36.5 Å². The smallest absolute Gasteiger partial charge is 0.256 e. The number of amides is 1. The topological polar surface area (TPSA) is 100.0 Å². The third-order valence-corrected chi connectivity index (χ3v) is 4.75. The number of pyridine rings is 1. The Bertz CT molecular complexity index is 824. The summed E-state index contributed by atoms with van der Waals surface area (Å²) in [5.41, 5.74) is 0.836. The van der Waals surface area contributed by atoms with Gasteiger partial charge in [-0.3, -0.25) is 14.6 Å². The van der Waals surface area contributed by atoms with Gasteiger partial charge < -0.3 is 19.8 Å². The third kappa shape index (κ3) is 4.09. The summed E-state index contributed by atoms with van der Waals surface area (Å²) in [6.07, 6.45) is 4.73. The van der Waals surface area contributed by atoms with Gasteiger partial charge in [0.05, 0.1) is 29.5 Å². The second-order valence-corrected chi connectivity index (χ2v) is 6.42. The molecule has 1 saturated heterocycles. The Kier molecular flexibility index (Phi) is 6.03. The van der Waals surface area contributed by atoms with E-state index in [9.17, 15) is 19.8 Å². The van der Waals surface area contributed by atoms with Gasteiger partial charge in [-0.2, -0.15) is 0 Å². The fraction of sp³-hybridized carbons (Fsp3) is 0.350. The van der Waals surface area contributed by atoms with Gasteiger partial charge in [-0.1, -0.05) is 6.07 Å². The number of aldehydes is 1. The first-order valence-electron chi connectivity index (χ1n) is 8.91. The second kappa shape index (κ2) is 8.64. The van der Waals surface area contributed by atoms with Gasteiger partial charge in [-0.15, -0.1) is 0 Å². The van der Waals surface area contributed by atoms with Crippen LogP contribution < -0.4 is 4.74 Å². The van der Waals surface area contributed by atoms with E-state index in [1.165, 1.54) is 6.07 Å². The fourth-order valence-corrected chi connectivity index (χ4v) is 3.32. The van der Waals surface area contributed by atoms with Gasteiger partial charge in [0.1, 0.15) is 18.1 Å². The van der Waals surface area contributed by atoms with Crippen molar-refractivity contribution in [3.8, 4) is 11.5 Å². The number of rotatable bonds is 6. The number of ether oxygens (including phenoxy) is 1. The molecule has 1 aromatic heterocycles. The molecule has 2 heterocycles. The molecular formula is C20H22N2O5. The molecule has 0 spiro atoms. The van der Waals surface area contributed by atoms with Crippen molar-refractivity contribution >= 4 is 12.2 Å². The second-order valence-electron chi connectivity index (χ2n) is 6.42. The molecule has 3 rings (SSSR count). The summed E-state index contributed by atoms with van der Waals surface area (Å²) in [6, 6.07) is 7.80. The molecule has 1 fully saturated rings. The van der Waals surface area contributed by atoms with E-state index in [1.807, 2.05) is 0 Å². The average Bonchev–Trinajstić information content (AvgIpc) is 2.72. The van der Waals surface area contributed by atoms with Gasteiger partial charge in [0, 0.05) is 12.7 Å². The van der Waals surface area contributed by atoms with E-state index in [0.717, 1.165) is 19.3 Å². The molecule has 2 aromatic rings. The maximum Gasteiger partial charge on any atom is 0.256 e. The Hall–Kier alpha value is -2.93. The van der Waals surface area contributed by atoms with Crippen LogP contribution in [0.25, 0.3) is 0 Å². The van der Waals surface area contributed by atoms with Crippen molar-refractivity contribution in [3.63, 3.8) is 0 Å². The molecule has 0 bridgehead atoms. The van der Waals surface area contributed by atoms with Gasteiger partial charge >= 0.3 is 0 Å². The van der Waals surface area contributed by atoms with E-state index in [4.69, 9.17) is 4.74 Å². The molecule has 2 N–H and O–H groups in total. The number of nitrogens with zero attached hydrogens (tertiary/aromatic N) is 2. The molecule has 0 aliphatic carbocycles. The minimum atomic E-state index is -0.303. The lowest BCUT2D eigenvalue weighted by Crippen LogP contribution is -2.47. The molecule has 1 amide bonds. The number of carbonyl (C=O) groups excluding carboxylic acids is 2. The highest BCUT2D eigenvalue weighted by Crippen LogP contribution is 2.27. The van der Waals surface area contributed by atoms with E-state index < -0.39 is 0 Å². The van der Waals surface area contributed by atoms with Gasteiger partial charge in [0.15, 0.2) is 6.29 Å². The number of carbonyl (C=O) groups is 2. The first kappa shape index (κ1) is 18.8. The van der Waals surface area contributed by atoms with Crippen LogP contribution in [0.3, 0.4) is 0 Å². The van der Waals surface area contributed by atoms with Crippen molar-refractivity contribution in [1.29, 1.82) is 0 Å². The maximum atomic E-state index is 13.0. The molecule has 7 nitrogen and oxygen atoms in total. The quantitative estimate of drug-likeness (QED) is 0.756. The van der Waals surface area contributed by atoms with E-state index in [0.29, 0.717) is 29.8 Å². The molecule has 27 heavy (non-hydrogen) atoms. The van der Waals surface area contributed by atoms with Crippen LogP contribution in [0, 0.1) is 0 Å². The zero-order chi connectivity index (χ0) is 19.2. The van der Waals surface area contributed by atoms with Crippen LogP contribution in [0.5, 0.6) is 11.5 Å². The molecule has 7 heteroatoms. The molecule has 0 radical (unpaired) electrons.